The van der Waals surface area contributed by atoms with Crippen LogP contribution in [-0.2, 0) is 14.3 Å². The van der Waals surface area contributed by atoms with Crippen LogP contribution in [0, 0.1) is 12.8 Å². The van der Waals surface area contributed by atoms with Crippen molar-refractivity contribution < 1.29 is 19.1 Å². The zero-order valence-corrected chi connectivity index (χ0v) is 14.1. The fourth-order valence-electron chi connectivity index (χ4n) is 3.32. The maximum absolute atomic E-state index is 12.3. The molecule has 1 aromatic rings. The minimum absolute atomic E-state index is 0.0629. The van der Waals surface area contributed by atoms with E-state index in [1.807, 2.05) is 26.0 Å². The molecule has 2 aliphatic rings. The highest BCUT2D eigenvalue weighted by Crippen LogP contribution is 2.30. The highest BCUT2D eigenvalue weighted by atomic mass is 16.5. The Morgan fingerprint density at radius 1 is 1.25 bits per heavy atom. The van der Waals surface area contributed by atoms with Crippen molar-refractivity contribution in [3.63, 3.8) is 0 Å². The van der Waals surface area contributed by atoms with E-state index in [2.05, 4.69) is 4.90 Å². The summed E-state index contributed by atoms with van der Waals surface area (Å²) in [4.78, 5) is 39.9. The van der Waals surface area contributed by atoms with Gasteiger partial charge in [-0.3, -0.25) is 24.2 Å². The van der Waals surface area contributed by atoms with E-state index >= 15 is 0 Å². The number of ketones is 1. The van der Waals surface area contributed by atoms with Crippen LogP contribution in [0.4, 0.5) is 5.69 Å². The van der Waals surface area contributed by atoms with Crippen LogP contribution in [0.15, 0.2) is 18.2 Å². The number of piperidine rings is 1. The van der Waals surface area contributed by atoms with Gasteiger partial charge in [-0.2, -0.15) is 0 Å². The summed E-state index contributed by atoms with van der Waals surface area (Å²) >= 11 is 0. The second kappa shape index (κ2) is 6.73. The van der Waals surface area contributed by atoms with Crippen LogP contribution in [0.25, 0.3) is 0 Å². The molecule has 0 aromatic heterocycles. The quantitative estimate of drug-likeness (QED) is 0.622. The molecule has 2 aliphatic heterocycles. The molecule has 0 bridgehead atoms. The molecule has 2 heterocycles. The van der Waals surface area contributed by atoms with Crippen molar-refractivity contribution in [2.24, 2.45) is 5.92 Å². The number of rotatable bonds is 4. The van der Waals surface area contributed by atoms with Gasteiger partial charge in [-0.15, -0.1) is 0 Å². The molecule has 0 saturated carbocycles. The van der Waals surface area contributed by atoms with Crippen LogP contribution < -0.4 is 4.90 Å². The monoisotopic (exact) mass is 330 g/mol. The predicted octanol–water partition coefficient (Wildman–Crippen LogP) is 1.76. The number of anilines is 1. The van der Waals surface area contributed by atoms with Crippen LogP contribution in [0.2, 0.25) is 0 Å². The van der Waals surface area contributed by atoms with E-state index in [0.29, 0.717) is 37.6 Å². The lowest BCUT2D eigenvalue weighted by Gasteiger charge is -2.33. The minimum atomic E-state index is -0.469. The Kier molecular flexibility index (Phi) is 4.66. The predicted molar refractivity (Wildman–Crippen MR) is 88.8 cm³/mol. The molecule has 6 heteroatoms. The molecule has 0 spiro atoms. The molecule has 1 fully saturated rings. The van der Waals surface area contributed by atoms with Gasteiger partial charge in [-0.1, -0.05) is 11.6 Å². The summed E-state index contributed by atoms with van der Waals surface area (Å²) in [7, 11) is 0. The molecule has 0 aliphatic carbocycles. The Labute approximate surface area is 141 Å². The van der Waals surface area contributed by atoms with Crippen molar-refractivity contribution in [3.8, 4) is 0 Å². The largest absolute Gasteiger partial charge is 0.466 e. The number of ether oxygens (including phenoxy) is 1. The van der Waals surface area contributed by atoms with Crippen molar-refractivity contribution in [2.45, 2.75) is 26.7 Å². The van der Waals surface area contributed by atoms with Gasteiger partial charge in [-0.25, -0.2) is 0 Å². The van der Waals surface area contributed by atoms with E-state index in [4.69, 9.17) is 4.74 Å². The van der Waals surface area contributed by atoms with Gasteiger partial charge in [0, 0.05) is 13.1 Å². The number of esters is 1. The summed E-state index contributed by atoms with van der Waals surface area (Å²) in [6.07, 6.45) is 1.44. The molecule has 24 heavy (non-hydrogen) atoms. The number of benzene rings is 1. The lowest BCUT2D eigenvalue weighted by atomic mass is 9.97. The molecule has 0 atom stereocenters. The third-order valence-corrected chi connectivity index (χ3v) is 4.68. The van der Waals surface area contributed by atoms with Crippen molar-refractivity contribution in [3.05, 3.63) is 29.3 Å². The van der Waals surface area contributed by atoms with Crippen LogP contribution in [0.5, 0.6) is 0 Å². The number of aryl methyl sites for hydroxylation is 1. The zero-order valence-electron chi connectivity index (χ0n) is 14.1. The van der Waals surface area contributed by atoms with Gasteiger partial charge in [0.15, 0.2) is 0 Å². The maximum Gasteiger partial charge on any atom is 0.309 e. The molecule has 6 nitrogen and oxygen atoms in total. The maximum atomic E-state index is 12.3. The van der Waals surface area contributed by atoms with Gasteiger partial charge in [0.05, 0.1) is 30.4 Å². The smallest absolute Gasteiger partial charge is 0.309 e. The van der Waals surface area contributed by atoms with E-state index in [0.717, 1.165) is 18.4 Å². The molecule has 0 unspecified atom stereocenters. The van der Waals surface area contributed by atoms with Gasteiger partial charge < -0.3 is 4.74 Å². The number of carbonyl (C=O) groups excluding carboxylic acids is 3. The van der Waals surface area contributed by atoms with E-state index in [1.165, 1.54) is 0 Å². The Hall–Kier alpha value is -2.21. The molecule has 1 amide bonds. The average Bonchev–Trinajstić information content (AvgIpc) is 2.80. The number of likely N-dealkylation sites (tertiary alicyclic amines) is 1. The standard InChI is InChI=1S/C18H22N2O4/c1-3-24-18(23)13-6-8-19(9-7-13)11-20-15-5-4-12(2)10-14(15)16(21)17(20)22/h4-5,10,13H,3,6-9,11H2,1-2H3. The molecular formula is C18H22N2O4. The van der Waals surface area contributed by atoms with E-state index in [1.54, 1.807) is 11.0 Å². The lowest BCUT2D eigenvalue weighted by molar-refractivity contribution is -0.149. The first-order valence-corrected chi connectivity index (χ1v) is 8.37. The second-order valence-electron chi connectivity index (χ2n) is 6.37. The highest BCUT2D eigenvalue weighted by molar-refractivity contribution is 6.52. The third kappa shape index (κ3) is 3.06. The number of nitrogens with zero attached hydrogens (tertiary/aromatic N) is 2. The number of Topliss-reactive ketones (excluding diaryl/α,β-unsaturated/α-hetero) is 1. The number of hydrogen-bond donors (Lipinski definition) is 0. The van der Waals surface area contributed by atoms with Crippen molar-refractivity contribution >= 4 is 23.3 Å². The van der Waals surface area contributed by atoms with Gasteiger partial charge in [0.1, 0.15) is 0 Å². The van der Waals surface area contributed by atoms with Crippen LogP contribution >= 0.6 is 0 Å². The van der Waals surface area contributed by atoms with E-state index in [9.17, 15) is 14.4 Å². The Balaban J connectivity index is 1.65. The SMILES string of the molecule is CCOC(=O)C1CCN(CN2C(=O)C(=O)c3cc(C)ccc32)CC1. The molecule has 3 rings (SSSR count). The molecule has 0 radical (unpaired) electrons. The summed E-state index contributed by atoms with van der Waals surface area (Å²) < 4.78 is 5.07. The van der Waals surface area contributed by atoms with Gasteiger partial charge in [0.25, 0.3) is 5.78 Å². The van der Waals surface area contributed by atoms with Gasteiger partial charge in [0.2, 0.25) is 0 Å². The lowest BCUT2D eigenvalue weighted by Crippen LogP contribution is -2.45. The summed E-state index contributed by atoms with van der Waals surface area (Å²) in [5.41, 5.74) is 2.14. The minimum Gasteiger partial charge on any atom is -0.466 e. The van der Waals surface area contributed by atoms with Crippen molar-refractivity contribution in [1.29, 1.82) is 0 Å². The number of fused-ring (bicyclic) bond motifs is 1. The van der Waals surface area contributed by atoms with Crippen molar-refractivity contribution in [1.82, 2.24) is 4.90 Å². The normalized spacial score (nSPS) is 18.8. The fourth-order valence-corrected chi connectivity index (χ4v) is 3.32. The van der Waals surface area contributed by atoms with E-state index in [-0.39, 0.29) is 11.9 Å². The fraction of sp³-hybridized carbons (Fsp3) is 0.500. The molecular weight excluding hydrogens is 308 g/mol. The van der Waals surface area contributed by atoms with Crippen LogP contribution in [0.3, 0.4) is 0 Å². The number of carbonyl (C=O) groups is 3. The molecule has 1 saturated heterocycles. The van der Waals surface area contributed by atoms with Crippen molar-refractivity contribution in [2.75, 3.05) is 31.3 Å². The number of amides is 1. The van der Waals surface area contributed by atoms with Gasteiger partial charge >= 0.3 is 11.9 Å². The molecule has 1 aromatic carbocycles. The molecule has 128 valence electrons. The summed E-state index contributed by atoms with van der Waals surface area (Å²) in [6.45, 7) is 5.92. The summed E-state index contributed by atoms with van der Waals surface area (Å²) in [5.74, 6) is -1.10. The Morgan fingerprint density at radius 3 is 2.62 bits per heavy atom. The Bertz CT molecular complexity index is 678. The summed E-state index contributed by atoms with van der Waals surface area (Å²) in [5, 5.41) is 0. The topological polar surface area (TPSA) is 66.9 Å². The highest BCUT2D eigenvalue weighted by Gasteiger charge is 2.37. The zero-order chi connectivity index (χ0) is 17.3. The van der Waals surface area contributed by atoms with E-state index < -0.39 is 11.7 Å². The first-order chi connectivity index (χ1) is 11.5. The molecule has 0 N–H and O–H groups in total. The first-order valence-electron chi connectivity index (χ1n) is 8.37. The average molecular weight is 330 g/mol. The Morgan fingerprint density at radius 2 is 1.96 bits per heavy atom. The third-order valence-electron chi connectivity index (χ3n) is 4.68. The van der Waals surface area contributed by atoms with Gasteiger partial charge in [-0.05, 0) is 38.8 Å². The summed E-state index contributed by atoms with van der Waals surface area (Å²) in [6, 6.07) is 5.51. The number of hydrogen-bond acceptors (Lipinski definition) is 5. The first kappa shape index (κ1) is 16.6. The van der Waals surface area contributed by atoms with Crippen LogP contribution in [0.1, 0.15) is 35.7 Å². The van der Waals surface area contributed by atoms with Crippen LogP contribution in [-0.4, -0.2) is 48.9 Å². The second-order valence-corrected chi connectivity index (χ2v) is 6.37.